The lowest BCUT2D eigenvalue weighted by Gasteiger charge is -2.15. The second-order valence-electron chi connectivity index (χ2n) is 22.2. The maximum absolute atomic E-state index is 13.4. The van der Waals surface area contributed by atoms with Crippen LogP contribution in [0.5, 0.6) is 23.0 Å². The van der Waals surface area contributed by atoms with E-state index in [2.05, 4.69) is 79.3 Å². The van der Waals surface area contributed by atoms with E-state index in [1.807, 2.05) is 0 Å². The molecule has 51 nitrogen and oxygen atoms in total. The first-order chi connectivity index (χ1) is 54.2. The van der Waals surface area contributed by atoms with Crippen molar-refractivity contribution >= 4 is 224 Å². The van der Waals surface area contributed by atoms with Gasteiger partial charge in [-0.05, 0) is 85.3 Å². The van der Waals surface area contributed by atoms with E-state index in [1.54, 1.807) is 0 Å². The van der Waals surface area contributed by atoms with E-state index in [4.69, 9.17) is 26.2 Å². The molecule has 0 aliphatic rings. The van der Waals surface area contributed by atoms with Gasteiger partial charge in [-0.3, -0.25) is 52.1 Å². The fraction of sp³-hybridized carbons (Fsp3) is 0.0545. The second kappa shape index (κ2) is 34.1. The number of non-ortho nitro benzene ring substituents is 2. The Kier molecular flexibility index (Phi) is 25.7. The van der Waals surface area contributed by atoms with Crippen LogP contribution < -0.4 is 10.5 Å². The van der Waals surface area contributed by atoms with Crippen molar-refractivity contribution in [1.29, 1.82) is 0 Å². The lowest BCUT2D eigenvalue weighted by atomic mass is 10.0. The smallest absolute Gasteiger partial charge is 0.297 e. The van der Waals surface area contributed by atoms with Gasteiger partial charge in [-0.1, -0.05) is 15.1 Å². The number of nitrogens with two attached hydrogens (primary N) is 1. The molecule has 0 unspecified atom stereocenters. The van der Waals surface area contributed by atoms with Crippen molar-refractivity contribution in [2.24, 2.45) is 51.1 Å². The number of rotatable bonds is 32. The molecule has 0 aliphatic carbocycles. The minimum Gasteiger partial charge on any atom is -0.505 e. The first-order valence-corrected chi connectivity index (χ1v) is 42.0. The van der Waals surface area contributed by atoms with Gasteiger partial charge >= 0.3 is 0 Å². The average Bonchev–Trinajstić information content (AvgIpc) is 0.745. The number of aromatic hydroxyl groups is 3. The van der Waals surface area contributed by atoms with Gasteiger partial charge in [0.05, 0.1) is 72.8 Å². The summed E-state index contributed by atoms with van der Waals surface area (Å²) in [5, 5.41) is 127. The Morgan fingerprint density at radius 3 is 1.36 bits per heavy atom. The predicted octanol–water partition coefficient (Wildman–Crippen LogP) is 13.3. The number of hydrogen-bond acceptors (Lipinski definition) is 45. The minimum atomic E-state index is -5.92. The highest BCUT2D eigenvalue weighted by Gasteiger charge is 2.33. The molecule has 612 valence electrons. The summed E-state index contributed by atoms with van der Waals surface area (Å²) in [5.74, 6) is -4.46. The third-order valence-corrected chi connectivity index (χ3v) is 23.3. The Morgan fingerprint density at radius 1 is 0.379 bits per heavy atom. The Morgan fingerprint density at radius 2 is 0.845 bits per heavy atom. The SMILES string of the molecule is Nc1c(N=Nc2ccc3c(O)c(N=Nc4ccc5c(O)c(N=Nc6ccc(N=Nc7cc(S(=O)(=O)O)c8cc([N+](=O)[O-])cc(SOOO)c8c7)cc6OCCCSOOO)c(S(=O)(=O)O)cc5c4S(=O)(=O)O)c(S(=O)(=O)O)cc3c2S(=O)(=O)O)cc(S(=O)(=O)O)c2cc(SOOO)c(N=Nc3ccc([N+](=O)[O-])cc3S(=O)(=O)O)c(O)c12. The molecular weight excluding hydrogens is 1770 g/mol. The monoisotopic (exact) mass is 1810 g/mol. The highest BCUT2D eigenvalue weighted by molar-refractivity contribution is 7.95. The third kappa shape index (κ3) is 19.3. The molecule has 61 heteroatoms. The molecule has 10 aromatic rings. The molecule has 0 radical (unpaired) electrons. The van der Waals surface area contributed by atoms with Crippen LogP contribution in [0, 0.1) is 20.2 Å². The van der Waals surface area contributed by atoms with Crippen LogP contribution in [0.3, 0.4) is 0 Å². The van der Waals surface area contributed by atoms with Crippen molar-refractivity contribution < 1.29 is 165 Å². The zero-order chi connectivity index (χ0) is 85.3. The van der Waals surface area contributed by atoms with E-state index >= 15 is 0 Å². The molecule has 0 aromatic heterocycles. The van der Waals surface area contributed by atoms with Crippen molar-refractivity contribution in [1.82, 2.24) is 0 Å². The van der Waals surface area contributed by atoms with E-state index in [0.717, 1.165) is 48.5 Å². The number of nitro groups is 2. The Hall–Kier alpha value is -10.9. The van der Waals surface area contributed by atoms with Gasteiger partial charge in [-0.25, -0.2) is 15.8 Å². The Balaban J connectivity index is 1.05. The normalized spacial score (nSPS) is 13.1. The summed E-state index contributed by atoms with van der Waals surface area (Å²) in [4.78, 5) is 10.6. The molecule has 0 bridgehead atoms. The van der Waals surface area contributed by atoms with E-state index < -0.39 is 237 Å². The maximum Gasteiger partial charge on any atom is 0.297 e. The van der Waals surface area contributed by atoms with E-state index in [-0.39, 0.29) is 82.4 Å². The molecule has 0 fully saturated rings. The highest BCUT2D eigenvalue weighted by atomic mass is 32.2. The van der Waals surface area contributed by atoms with Gasteiger partial charge in [0.15, 0.2) is 17.2 Å². The second-order valence-corrected chi connectivity index (χ2v) is 34.1. The van der Waals surface area contributed by atoms with Crippen LogP contribution in [0.15, 0.2) is 204 Å². The fourth-order valence-electron chi connectivity index (χ4n) is 10.5. The van der Waals surface area contributed by atoms with E-state index in [1.165, 1.54) is 0 Å². The number of nitrogen functional groups attached to an aromatic ring is 1. The zero-order valence-corrected chi connectivity index (χ0v) is 63.7. The molecular formula is C55H39N13O38S10. The van der Waals surface area contributed by atoms with Gasteiger partial charge < -0.3 is 25.8 Å². The number of anilines is 1. The number of azo groups is 5. The fourth-order valence-corrected chi connectivity index (χ4v) is 16.8. The minimum absolute atomic E-state index is 0.0601. The van der Waals surface area contributed by atoms with Crippen LogP contribution in [0.1, 0.15) is 6.42 Å². The van der Waals surface area contributed by atoms with Gasteiger partial charge in [-0.2, -0.15) is 69.2 Å². The predicted molar refractivity (Wildman–Crippen MR) is 390 cm³/mol. The maximum atomic E-state index is 13.4. The molecule has 0 aliphatic heterocycles. The number of benzene rings is 10. The van der Waals surface area contributed by atoms with Gasteiger partial charge in [-0.15, -0.1) is 53.9 Å². The Bertz CT molecular complexity index is 6850. The summed E-state index contributed by atoms with van der Waals surface area (Å²) >= 11 is 0.682. The van der Waals surface area contributed by atoms with Gasteiger partial charge in [0, 0.05) is 85.8 Å². The number of nitrogens with zero attached hydrogens (tertiary/aromatic N) is 12. The number of ether oxygens (including phenoxy) is 1. The number of hydrogen-bond donors (Lipinski definition) is 14. The molecule has 116 heavy (non-hydrogen) atoms. The van der Waals surface area contributed by atoms with Gasteiger partial charge in [0.25, 0.3) is 82.2 Å². The molecule has 0 amide bonds. The third-order valence-electron chi connectivity index (χ3n) is 15.2. The first-order valence-electron chi connectivity index (χ1n) is 29.6. The molecule has 10 aromatic carbocycles. The lowest BCUT2D eigenvalue weighted by molar-refractivity contribution is -0.432. The van der Waals surface area contributed by atoms with Gasteiger partial charge in [0.1, 0.15) is 85.5 Å². The van der Waals surface area contributed by atoms with E-state index in [9.17, 15) is 126 Å². The number of nitro benzene ring substituents is 2. The summed E-state index contributed by atoms with van der Waals surface area (Å²) in [6.07, 6.45) is 0.0747. The quantitative estimate of drug-likeness (QED) is 0.00272. The van der Waals surface area contributed by atoms with Crippen molar-refractivity contribution in [2.75, 3.05) is 18.1 Å². The summed E-state index contributed by atoms with van der Waals surface area (Å²) < 4.78 is 274. The topological polar surface area (TPSA) is 802 Å². The molecule has 0 saturated heterocycles. The number of phenolic OH excluding ortho intramolecular Hbond substituents is 3. The van der Waals surface area contributed by atoms with Crippen molar-refractivity contribution in [2.45, 2.75) is 50.5 Å². The van der Waals surface area contributed by atoms with Crippen molar-refractivity contribution in [3.05, 3.63) is 129 Å². The van der Waals surface area contributed by atoms with Crippen molar-refractivity contribution in [3.8, 4) is 23.0 Å². The lowest BCUT2D eigenvalue weighted by Crippen LogP contribution is -2.04. The van der Waals surface area contributed by atoms with Crippen LogP contribution in [-0.4, -0.2) is 144 Å². The molecule has 0 atom stereocenters. The average molecular weight is 1810 g/mol. The number of phenols is 3. The van der Waals surface area contributed by atoms with Crippen LogP contribution in [0.2, 0.25) is 0 Å². The highest BCUT2D eigenvalue weighted by Crippen LogP contribution is 2.53. The summed E-state index contributed by atoms with van der Waals surface area (Å²) in [5.41, 5.74) is -4.75. The largest absolute Gasteiger partial charge is 0.505 e. The standard InChI is InChI=1S/C55H39N13O38S10/c56-47-37(21-42(111(82,83)84)32-18-40(109-106-103-78)48(53(71)46(32)47)64-60-34-7-3-24(67(72)73)17-43(34)112(85,86)87)63-61-35-8-4-26-30(54(35)115(94,95)96)19-45(114(91,92)93)50(52(26)70)66-62-36-9-5-27-31(55(36)116(97,98)99)20-44(113(88,89)90)49(51(27)69)65-59-33-6-2-22(13-38(33)100-10-1-11-107-104-101-76)57-58-23-12-28-29(41(14-23)110(79,80)81)15-25(68(74)75)16-39(28)108-105-102-77/h2-9,12-21,69-71,76-78H,1,10-11,56H2,(H,79,80,81)(H,82,83,84)(H,85,86,87)(H,88,89,90)(H,91,92,93)(H,94,95,96)(H,97,98,99). The molecule has 0 saturated carbocycles. The Labute approximate surface area is 656 Å². The molecule has 15 N–H and O–H groups in total. The summed E-state index contributed by atoms with van der Waals surface area (Å²) in [6, 6.07) is 12.8. The van der Waals surface area contributed by atoms with E-state index in [0.29, 0.717) is 60.6 Å². The molecule has 10 rings (SSSR count). The first kappa shape index (κ1) is 87.5. The molecule has 0 heterocycles. The zero-order valence-electron chi connectivity index (χ0n) is 55.6. The van der Waals surface area contributed by atoms with Crippen LogP contribution in [0.4, 0.5) is 73.9 Å². The summed E-state index contributed by atoms with van der Waals surface area (Å²) in [6.45, 7) is -0.271. The molecule has 0 spiro atoms. The number of fused-ring (bicyclic) bond motifs is 4. The van der Waals surface area contributed by atoms with Gasteiger partial charge in [0.2, 0.25) is 0 Å². The summed E-state index contributed by atoms with van der Waals surface area (Å²) in [7, 11) is -39.6. The van der Waals surface area contributed by atoms with Crippen molar-refractivity contribution in [3.63, 3.8) is 0 Å². The van der Waals surface area contributed by atoms with Crippen LogP contribution in [0.25, 0.3) is 43.1 Å². The van der Waals surface area contributed by atoms with Crippen LogP contribution >= 0.6 is 36.1 Å². The van der Waals surface area contributed by atoms with Crippen LogP contribution in [-0.2, 0) is 98.9 Å².